The van der Waals surface area contributed by atoms with E-state index in [4.69, 9.17) is 5.26 Å². The third-order valence-corrected chi connectivity index (χ3v) is 3.33. The molecule has 5 nitrogen and oxygen atoms in total. The number of hydrogen-bond donors (Lipinski definition) is 1. The normalized spacial score (nSPS) is 17.8. The highest BCUT2D eigenvalue weighted by Crippen LogP contribution is 2.16. The largest absolute Gasteiger partial charge is 0.378 e. The van der Waals surface area contributed by atoms with Crippen molar-refractivity contribution in [2.24, 2.45) is 0 Å². The van der Waals surface area contributed by atoms with Gasteiger partial charge >= 0.3 is 0 Å². The Kier molecular flexibility index (Phi) is 4.50. The van der Waals surface area contributed by atoms with Crippen LogP contribution < -0.4 is 0 Å². The van der Waals surface area contributed by atoms with E-state index in [1.165, 1.54) is 0 Å². The lowest BCUT2D eigenvalue weighted by Gasteiger charge is -2.34. The van der Waals surface area contributed by atoms with Crippen molar-refractivity contribution in [3.63, 3.8) is 0 Å². The predicted octanol–water partition coefficient (Wildman–Crippen LogP) is 0.388. The van der Waals surface area contributed by atoms with Crippen molar-refractivity contribution in [1.82, 2.24) is 9.80 Å². The Morgan fingerprint density at radius 3 is 2.47 bits per heavy atom. The summed E-state index contributed by atoms with van der Waals surface area (Å²) in [5.41, 5.74) is 0.618. The number of amides is 1. The van der Waals surface area contributed by atoms with Crippen LogP contribution >= 0.6 is 0 Å². The standard InChI is InChI=1S/C14H17N3O2/c15-6-7-16-8-10-17(11-9-16)14(19)13(18)12-4-2-1-3-5-12/h1-5,13,18H,7-11H2. The summed E-state index contributed by atoms with van der Waals surface area (Å²) in [4.78, 5) is 15.8. The summed E-state index contributed by atoms with van der Waals surface area (Å²) >= 11 is 0. The Hall–Kier alpha value is -1.90. The minimum Gasteiger partial charge on any atom is -0.378 e. The average molecular weight is 259 g/mol. The molecule has 0 aliphatic carbocycles. The summed E-state index contributed by atoms with van der Waals surface area (Å²) in [6, 6.07) is 11.0. The number of rotatable bonds is 3. The molecule has 1 unspecified atom stereocenters. The van der Waals surface area contributed by atoms with Gasteiger partial charge in [-0.25, -0.2) is 0 Å². The van der Waals surface area contributed by atoms with Crippen LogP contribution in [0.2, 0.25) is 0 Å². The quantitative estimate of drug-likeness (QED) is 0.797. The van der Waals surface area contributed by atoms with Gasteiger partial charge in [-0.2, -0.15) is 5.26 Å². The zero-order chi connectivity index (χ0) is 13.7. The van der Waals surface area contributed by atoms with E-state index < -0.39 is 6.10 Å². The molecule has 1 heterocycles. The van der Waals surface area contributed by atoms with Crippen molar-refractivity contribution in [3.05, 3.63) is 35.9 Å². The van der Waals surface area contributed by atoms with Gasteiger partial charge in [0.2, 0.25) is 0 Å². The van der Waals surface area contributed by atoms with Crippen LogP contribution in [0.15, 0.2) is 30.3 Å². The molecule has 1 fully saturated rings. The number of nitrogens with zero attached hydrogens (tertiary/aromatic N) is 3. The molecule has 0 spiro atoms. The highest BCUT2D eigenvalue weighted by molar-refractivity contribution is 5.82. The van der Waals surface area contributed by atoms with Crippen molar-refractivity contribution < 1.29 is 9.90 Å². The Balaban J connectivity index is 1.93. The van der Waals surface area contributed by atoms with E-state index in [-0.39, 0.29) is 5.91 Å². The fraction of sp³-hybridized carbons (Fsp3) is 0.429. The number of benzene rings is 1. The molecule has 5 heteroatoms. The number of piperazine rings is 1. The lowest BCUT2D eigenvalue weighted by Crippen LogP contribution is -2.49. The third kappa shape index (κ3) is 3.31. The van der Waals surface area contributed by atoms with Crippen molar-refractivity contribution in [2.45, 2.75) is 6.10 Å². The fourth-order valence-electron chi connectivity index (χ4n) is 2.18. The van der Waals surface area contributed by atoms with Crippen LogP contribution in [0.25, 0.3) is 0 Å². The van der Waals surface area contributed by atoms with Crippen LogP contribution in [-0.2, 0) is 4.79 Å². The van der Waals surface area contributed by atoms with Crippen molar-refractivity contribution in [2.75, 3.05) is 32.7 Å². The summed E-state index contributed by atoms with van der Waals surface area (Å²) in [5, 5.41) is 18.7. The van der Waals surface area contributed by atoms with Gasteiger partial charge in [-0.3, -0.25) is 9.69 Å². The summed E-state index contributed by atoms with van der Waals surface area (Å²) in [6.45, 7) is 2.87. The third-order valence-electron chi connectivity index (χ3n) is 3.33. The minimum atomic E-state index is -1.09. The Morgan fingerprint density at radius 2 is 1.89 bits per heavy atom. The molecule has 1 aromatic rings. The van der Waals surface area contributed by atoms with Gasteiger partial charge in [0.15, 0.2) is 6.10 Å². The van der Waals surface area contributed by atoms with Gasteiger partial charge in [-0.1, -0.05) is 30.3 Å². The average Bonchev–Trinajstić information content (AvgIpc) is 2.48. The molecule has 1 saturated heterocycles. The van der Waals surface area contributed by atoms with E-state index in [0.29, 0.717) is 38.3 Å². The molecule has 1 aromatic carbocycles. The lowest BCUT2D eigenvalue weighted by molar-refractivity contribution is -0.142. The second-order valence-electron chi connectivity index (χ2n) is 4.57. The molecule has 1 atom stereocenters. The fourth-order valence-corrected chi connectivity index (χ4v) is 2.18. The summed E-state index contributed by atoms with van der Waals surface area (Å²) in [5.74, 6) is -0.261. The number of nitriles is 1. The second kappa shape index (κ2) is 6.32. The Bertz CT molecular complexity index is 461. The molecule has 1 aliphatic heterocycles. The molecule has 1 aliphatic rings. The second-order valence-corrected chi connectivity index (χ2v) is 4.57. The molecule has 0 radical (unpaired) electrons. The van der Waals surface area contributed by atoms with Crippen LogP contribution in [0, 0.1) is 11.3 Å². The molecule has 100 valence electrons. The lowest BCUT2D eigenvalue weighted by atomic mass is 10.1. The van der Waals surface area contributed by atoms with Crippen LogP contribution in [0.5, 0.6) is 0 Å². The van der Waals surface area contributed by atoms with Gasteiger partial charge in [0, 0.05) is 26.2 Å². The highest BCUT2D eigenvalue weighted by atomic mass is 16.3. The Morgan fingerprint density at radius 1 is 1.26 bits per heavy atom. The zero-order valence-electron chi connectivity index (χ0n) is 10.7. The van der Waals surface area contributed by atoms with Gasteiger partial charge in [-0.05, 0) is 5.56 Å². The van der Waals surface area contributed by atoms with E-state index in [1.54, 1.807) is 29.2 Å². The molecule has 0 bridgehead atoms. The minimum absolute atomic E-state index is 0.261. The van der Waals surface area contributed by atoms with Gasteiger partial charge in [0.1, 0.15) is 0 Å². The predicted molar refractivity (Wildman–Crippen MR) is 70.0 cm³/mol. The van der Waals surface area contributed by atoms with Crippen LogP contribution in [-0.4, -0.2) is 53.5 Å². The first kappa shape index (κ1) is 13.5. The molecule has 2 rings (SSSR count). The molecular formula is C14H17N3O2. The van der Waals surface area contributed by atoms with Gasteiger partial charge in [0.25, 0.3) is 5.91 Å². The maximum atomic E-state index is 12.2. The van der Waals surface area contributed by atoms with E-state index in [0.717, 1.165) is 0 Å². The van der Waals surface area contributed by atoms with Gasteiger partial charge < -0.3 is 10.0 Å². The SMILES string of the molecule is N#CCN1CCN(C(=O)C(O)c2ccccc2)CC1. The van der Waals surface area contributed by atoms with E-state index in [1.807, 2.05) is 11.0 Å². The first-order valence-corrected chi connectivity index (χ1v) is 6.33. The van der Waals surface area contributed by atoms with E-state index >= 15 is 0 Å². The van der Waals surface area contributed by atoms with Crippen LogP contribution in [0.1, 0.15) is 11.7 Å². The first-order valence-electron chi connectivity index (χ1n) is 6.33. The summed E-state index contributed by atoms with van der Waals surface area (Å²) < 4.78 is 0. The number of hydrogen-bond acceptors (Lipinski definition) is 4. The molecule has 19 heavy (non-hydrogen) atoms. The molecule has 0 saturated carbocycles. The molecular weight excluding hydrogens is 242 g/mol. The zero-order valence-corrected chi connectivity index (χ0v) is 10.7. The summed E-state index contributed by atoms with van der Waals surface area (Å²) in [7, 11) is 0. The maximum Gasteiger partial charge on any atom is 0.256 e. The number of aliphatic hydroxyl groups is 1. The van der Waals surface area contributed by atoms with E-state index in [9.17, 15) is 9.90 Å². The van der Waals surface area contributed by atoms with Gasteiger partial charge in [-0.15, -0.1) is 0 Å². The maximum absolute atomic E-state index is 12.2. The monoisotopic (exact) mass is 259 g/mol. The smallest absolute Gasteiger partial charge is 0.256 e. The van der Waals surface area contributed by atoms with Crippen LogP contribution in [0.3, 0.4) is 0 Å². The molecule has 1 N–H and O–H groups in total. The van der Waals surface area contributed by atoms with Crippen molar-refractivity contribution >= 4 is 5.91 Å². The number of carbonyl (C=O) groups is 1. The highest BCUT2D eigenvalue weighted by Gasteiger charge is 2.26. The van der Waals surface area contributed by atoms with Crippen molar-refractivity contribution in [3.8, 4) is 6.07 Å². The summed E-state index contributed by atoms with van der Waals surface area (Å²) in [6.07, 6.45) is -1.09. The van der Waals surface area contributed by atoms with E-state index in [2.05, 4.69) is 6.07 Å². The topological polar surface area (TPSA) is 67.6 Å². The molecule has 1 amide bonds. The molecule has 0 aromatic heterocycles. The number of aliphatic hydroxyl groups excluding tert-OH is 1. The van der Waals surface area contributed by atoms with Gasteiger partial charge in [0.05, 0.1) is 12.6 Å². The van der Waals surface area contributed by atoms with Crippen LogP contribution in [0.4, 0.5) is 0 Å². The van der Waals surface area contributed by atoms with Crippen molar-refractivity contribution in [1.29, 1.82) is 5.26 Å². The Labute approximate surface area is 112 Å². The first-order chi connectivity index (χ1) is 9.22. The number of carbonyl (C=O) groups excluding carboxylic acids is 1.